The van der Waals surface area contributed by atoms with E-state index in [1.54, 1.807) is 0 Å². The molecule has 0 saturated heterocycles. The maximum Gasteiger partial charge on any atom is 0.123 e. The van der Waals surface area contributed by atoms with Gasteiger partial charge in [-0.1, -0.05) is 0 Å². The fourth-order valence-corrected chi connectivity index (χ4v) is 1.27. The summed E-state index contributed by atoms with van der Waals surface area (Å²) in [5, 5.41) is 0. The van der Waals surface area contributed by atoms with Crippen LogP contribution in [0.2, 0.25) is 0 Å². The van der Waals surface area contributed by atoms with Crippen molar-refractivity contribution in [2.45, 2.75) is 13.0 Å². The van der Waals surface area contributed by atoms with Gasteiger partial charge in [0.1, 0.15) is 5.82 Å². The first-order chi connectivity index (χ1) is 5.36. The van der Waals surface area contributed by atoms with Crippen LogP contribution in [0.15, 0.2) is 12.3 Å². The van der Waals surface area contributed by atoms with Crippen molar-refractivity contribution in [3.05, 3.63) is 23.4 Å². The van der Waals surface area contributed by atoms with Gasteiger partial charge in [-0.3, -0.25) is 0 Å². The number of nitrogens with zero attached hydrogens (tertiary/aromatic N) is 1. The summed E-state index contributed by atoms with van der Waals surface area (Å²) in [5.41, 5.74) is 7.97. The van der Waals surface area contributed by atoms with E-state index >= 15 is 0 Å². The SMILES string of the molecule is Nc1cc2c(cn1)CCOC2. The number of hydrogen-bond acceptors (Lipinski definition) is 3. The van der Waals surface area contributed by atoms with Gasteiger partial charge < -0.3 is 10.5 Å². The highest BCUT2D eigenvalue weighted by Crippen LogP contribution is 2.16. The van der Waals surface area contributed by atoms with Crippen LogP contribution >= 0.6 is 0 Å². The van der Waals surface area contributed by atoms with E-state index in [4.69, 9.17) is 10.5 Å². The third-order valence-electron chi connectivity index (χ3n) is 1.88. The van der Waals surface area contributed by atoms with Crippen LogP contribution in [-0.4, -0.2) is 11.6 Å². The normalized spacial score (nSPS) is 16.0. The van der Waals surface area contributed by atoms with Crippen molar-refractivity contribution < 1.29 is 4.74 Å². The van der Waals surface area contributed by atoms with Crippen molar-refractivity contribution in [2.75, 3.05) is 12.3 Å². The Bertz CT molecular complexity index is 273. The van der Waals surface area contributed by atoms with Crippen LogP contribution in [0, 0.1) is 0 Å². The molecule has 2 heterocycles. The average Bonchev–Trinajstić information content (AvgIpc) is 2.04. The lowest BCUT2D eigenvalue weighted by molar-refractivity contribution is 0.110. The molecule has 0 radical (unpaired) electrons. The van der Waals surface area contributed by atoms with Crippen molar-refractivity contribution in [1.82, 2.24) is 4.98 Å². The van der Waals surface area contributed by atoms with E-state index in [-0.39, 0.29) is 0 Å². The lowest BCUT2D eigenvalue weighted by Crippen LogP contribution is -2.10. The predicted octanol–water partition coefficient (Wildman–Crippen LogP) is 0.737. The van der Waals surface area contributed by atoms with Gasteiger partial charge in [0.15, 0.2) is 0 Å². The number of hydrogen-bond donors (Lipinski definition) is 1. The Morgan fingerprint density at radius 2 is 2.36 bits per heavy atom. The summed E-state index contributed by atoms with van der Waals surface area (Å²) in [6.07, 6.45) is 2.80. The second kappa shape index (κ2) is 2.51. The van der Waals surface area contributed by atoms with Gasteiger partial charge in [0, 0.05) is 6.20 Å². The highest BCUT2D eigenvalue weighted by molar-refractivity contribution is 5.37. The zero-order valence-electron chi connectivity index (χ0n) is 6.21. The zero-order valence-corrected chi connectivity index (χ0v) is 6.21. The summed E-state index contributed by atoms with van der Waals surface area (Å²) >= 11 is 0. The molecule has 1 aliphatic rings. The number of pyridine rings is 1. The van der Waals surface area contributed by atoms with E-state index in [0.29, 0.717) is 12.4 Å². The number of anilines is 1. The Balaban J connectivity index is 2.43. The molecule has 0 aliphatic carbocycles. The van der Waals surface area contributed by atoms with E-state index in [0.717, 1.165) is 13.0 Å². The molecule has 3 heteroatoms. The summed E-state index contributed by atoms with van der Waals surface area (Å²) < 4.78 is 5.27. The third kappa shape index (κ3) is 1.19. The average molecular weight is 150 g/mol. The molecule has 1 aromatic rings. The quantitative estimate of drug-likeness (QED) is 0.593. The van der Waals surface area contributed by atoms with Gasteiger partial charge in [-0.2, -0.15) is 0 Å². The Morgan fingerprint density at radius 1 is 1.45 bits per heavy atom. The second-order valence-corrected chi connectivity index (χ2v) is 2.68. The number of aromatic nitrogens is 1. The highest BCUT2D eigenvalue weighted by atomic mass is 16.5. The lowest BCUT2D eigenvalue weighted by Gasteiger charge is -2.15. The second-order valence-electron chi connectivity index (χ2n) is 2.68. The van der Waals surface area contributed by atoms with Crippen molar-refractivity contribution in [1.29, 1.82) is 0 Å². The van der Waals surface area contributed by atoms with Crippen molar-refractivity contribution in [3.8, 4) is 0 Å². The fraction of sp³-hybridized carbons (Fsp3) is 0.375. The van der Waals surface area contributed by atoms with Crippen LogP contribution in [0.4, 0.5) is 5.82 Å². The van der Waals surface area contributed by atoms with Crippen LogP contribution in [-0.2, 0) is 17.8 Å². The minimum Gasteiger partial charge on any atom is -0.384 e. The molecule has 0 atom stereocenters. The smallest absolute Gasteiger partial charge is 0.123 e. The first kappa shape index (κ1) is 6.61. The fourth-order valence-electron chi connectivity index (χ4n) is 1.27. The Morgan fingerprint density at radius 3 is 3.27 bits per heavy atom. The lowest BCUT2D eigenvalue weighted by atomic mass is 10.1. The summed E-state index contributed by atoms with van der Waals surface area (Å²) in [4.78, 5) is 4.01. The van der Waals surface area contributed by atoms with Crippen LogP contribution < -0.4 is 5.73 Å². The largest absolute Gasteiger partial charge is 0.384 e. The summed E-state index contributed by atoms with van der Waals surface area (Å²) in [7, 11) is 0. The molecule has 3 nitrogen and oxygen atoms in total. The number of ether oxygens (including phenoxy) is 1. The van der Waals surface area contributed by atoms with Crippen LogP contribution in [0.25, 0.3) is 0 Å². The molecule has 1 aliphatic heterocycles. The monoisotopic (exact) mass is 150 g/mol. The van der Waals surface area contributed by atoms with Crippen LogP contribution in [0.1, 0.15) is 11.1 Å². The van der Waals surface area contributed by atoms with Gasteiger partial charge >= 0.3 is 0 Å². The first-order valence-corrected chi connectivity index (χ1v) is 3.67. The number of nitrogen functional groups attached to an aromatic ring is 1. The van der Waals surface area contributed by atoms with Crippen molar-refractivity contribution in [3.63, 3.8) is 0 Å². The Kier molecular flexibility index (Phi) is 1.51. The molecule has 2 rings (SSSR count). The molecule has 0 bridgehead atoms. The molecule has 0 aromatic carbocycles. The molecule has 2 N–H and O–H groups in total. The van der Waals surface area contributed by atoms with Crippen LogP contribution in [0.5, 0.6) is 0 Å². The molecular formula is C8H10N2O. The number of fused-ring (bicyclic) bond motifs is 1. The summed E-state index contributed by atoms with van der Waals surface area (Å²) in [5.74, 6) is 0.578. The Hall–Kier alpha value is -1.09. The van der Waals surface area contributed by atoms with Gasteiger partial charge in [-0.05, 0) is 23.6 Å². The predicted molar refractivity (Wildman–Crippen MR) is 42.0 cm³/mol. The minimum absolute atomic E-state index is 0.578. The van der Waals surface area contributed by atoms with E-state index < -0.39 is 0 Å². The molecule has 0 saturated carbocycles. The Labute approximate surface area is 65.2 Å². The minimum atomic E-state index is 0.578. The molecule has 11 heavy (non-hydrogen) atoms. The number of nitrogens with two attached hydrogens (primary N) is 1. The molecule has 1 aromatic heterocycles. The van der Waals surface area contributed by atoms with E-state index in [1.807, 2.05) is 12.3 Å². The van der Waals surface area contributed by atoms with Gasteiger partial charge in [0.25, 0.3) is 0 Å². The topological polar surface area (TPSA) is 48.1 Å². The summed E-state index contributed by atoms with van der Waals surface area (Å²) in [6.45, 7) is 1.49. The maximum atomic E-state index is 5.52. The standard InChI is InChI=1S/C8H10N2O/c9-8-3-7-5-11-2-1-6(7)4-10-8/h3-4H,1-2,5H2,(H2,9,10). The van der Waals surface area contributed by atoms with Gasteiger partial charge in [-0.15, -0.1) is 0 Å². The zero-order chi connectivity index (χ0) is 7.68. The molecule has 0 unspecified atom stereocenters. The molecular weight excluding hydrogens is 140 g/mol. The van der Waals surface area contributed by atoms with Crippen molar-refractivity contribution >= 4 is 5.82 Å². The first-order valence-electron chi connectivity index (χ1n) is 3.67. The van der Waals surface area contributed by atoms with E-state index in [9.17, 15) is 0 Å². The molecule has 0 spiro atoms. The highest BCUT2D eigenvalue weighted by Gasteiger charge is 2.08. The number of rotatable bonds is 0. The third-order valence-corrected chi connectivity index (χ3v) is 1.88. The summed E-state index contributed by atoms with van der Waals surface area (Å²) in [6, 6.07) is 1.88. The molecule has 58 valence electrons. The van der Waals surface area contributed by atoms with Gasteiger partial charge in [-0.25, -0.2) is 4.98 Å². The molecule has 0 fully saturated rings. The van der Waals surface area contributed by atoms with Gasteiger partial charge in [0.2, 0.25) is 0 Å². The van der Waals surface area contributed by atoms with E-state index in [2.05, 4.69) is 4.98 Å². The molecule has 0 amide bonds. The van der Waals surface area contributed by atoms with E-state index in [1.165, 1.54) is 11.1 Å². The van der Waals surface area contributed by atoms with Gasteiger partial charge in [0.05, 0.1) is 13.2 Å². The van der Waals surface area contributed by atoms with Crippen LogP contribution in [0.3, 0.4) is 0 Å². The maximum absolute atomic E-state index is 5.52. The van der Waals surface area contributed by atoms with Crippen molar-refractivity contribution in [2.24, 2.45) is 0 Å².